The van der Waals surface area contributed by atoms with E-state index >= 15 is 0 Å². The highest BCUT2D eigenvalue weighted by atomic mass is 32.2. The summed E-state index contributed by atoms with van der Waals surface area (Å²) in [5.74, 6) is 0. The summed E-state index contributed by atoms with van der Waals surface area (Å²) in [5.41, 5.74) is 0. The molecule has 0 aliphatic rings. The molecule has 0 spiro atoms. The summed E-state index contributed by atoms with van der Waals surface area (Å²) >= 11 is 0. The van der Waals surface area contributed by atoms with Crippen molar-refractivity contribution in [1.29, 1.82) is 0 Å². The molecular formula is C11H12MgO3S. The summed E-state index contributed by atoms with van der Waals surface area (Å²) in [6, 6.07) is 12.4. The fourth-order valence-electron chi connectivity index (χ4n) is 1.50. The van der Waals surface area contributed by atoms with Gasteiger partial charge in [-0.3, -0.25) is 4.18 Å². The van der Waals surface area contributed by atoms with Crippen LogP contribution < -0.4 is 0 Å². The minimum absolute atomic E-state index is 0. The first-order valence-corrected chi connectivity index (χ1v) is 5.84. The van der Waals surface area contributed by atoms with Crippen LogP contribution in [0.4, 0.5) is 0 Å². The molecule has 0 aromatic heterocycles. The molecule has 0 aliphatic carbocycles. The summed E-state index contributed by atoms with van der Waals surface area (Å²) in [6.07, 6.45) is 0. The van der Waals surface area contributed by atoms with Gasteiger partial charge in [-0.05, 0) is 11.5 Å². The maximum absolute atomic E-state index is 11.6. The highest BCUT2D eigenvalue weighted by Gasteiger charge is 2.15. The summed E-state index contributed by atoms with van der Waals surface area (Å²) < 4.78 is 27.7. The van der Waals surface area contributed by atoms with Gasteiger partial charge in [0.1, 0.15) is 4.90 Å². The van der Waals surface area contributed by atoms with Crippen molar-refractivity contribution in [3.05, 3.63) is 42.5 Å². The first kappa shape index (κ1) is 13.4. The van der Waals surface area contributed by atoms with Crippen LogP contribution in [0.25, 0.3) is 10.8 Å². The Balaban J connectivity index is 0.00000128. The van der Waals surface area contributed by atoms with Crippen molar-refractivity contribution in [2.75, 3.05) is 7.11 Å². The summed E-state index contributed by atoms with van der Waals surface area (Å²) in [6.45, 7) is 0. The van der Waals surface area contributed by atoms with Crippen molar-refractivity contribution in [2.24, 2.45) is 0 Å². The van der Waals surface area contributed by atoms with Crippen molar-refractivity contribution >= 4 is 43.9 Å². The monoisotopic (exact) mass is 248 g/mol. The van der Waals surface area contributed by atoms with E-state index in [1.165, 1.54) is 0 Å². The van der Waals surface area contributed by atoms with Gasteiger partial charge >= 0.3 is 23.1 Å². The first-order valence-electron chi connectivity index (χ1n) is 4.43. The van der Waals surface area contributed by atoms with E-state index in [-0.39, 0.29) is 27.9 Å². The molecule has 2 aromatic carbocycles. The summed E-state index contributed by atoms with van der Waals surface area (Å²) in [4.78, 5) is 0.211. The Labute approximate surface area is 111 Å². The molecule has 0 amide bonds. The number of hydrogen-bond acceptors (Lipinski definition) is 3. The van der Waals surface area contributed by atoms with Crippen molar-refractivity contribution in [3.8, 4) is 0 Å². The third-order valence-electron chi connectivity index (χ3n) is 2.24. The Kier molecular flexibility index (Phi) is 4.32. The average Bonchev–Trinajstić information content (AvgIpc) is 2.28. The molecule has 16 heavy (non-hydrogen) atoms. The summed E-state index contributed by atoms with van der Waals surface area (Å²) in [7, 11) is -2.46. The van der Waals surface area contributed by atoms with Crippen LogP contribution in [-0.2, 0) is 14.3 Å². The van der Waals surface area contributed by atoms with Crippen LogP contribution in [0.15, 0.2) is 47.4 Å². The van der Waals surface area contributed by atoms with Gasteiger partial charge < -0.3 is 0 Å². The lowest BCUT2D eigenvalue weighted by Gasteiger charge is -2.05. The van der Waals surface area contributed by atoms with Gasteiger partial charge in [-0.25, -0.2) is 0 Å². The molecular weight excluding hydrogens is 236 g/mol. The van der Waals surface area contributed by atoms with E-state index in [1.807, 2.05) is 18.2 Å². The lowest BCUT2D eigenvalue weighted by Crippen LogP contribution is -2.03. The SMILES string of the molecule is COS(=O)(=O)c1cccc2ccccc12.[MgH2]. The fraction of sp³-hybridized carbons (Fsp3) is 0.0909. The highest BCUT2D eigenvalue weighted by molar-refractivity contribution is 7.87. The second kappa shape index (κ2) is 5.14. The Morgan fingerprint density at radius 2 is 1.62 bits per heavy atom. The second-order valence-corrected chi connectivity index (χ2v) is 4.78. The van der Waals surface area contributed by atoms with Crippen LogP contribution in [0.3, 0.4) is 0 Å². The zero-order valence-corrected chi connectivity index (χ0v) is 8.99. The molecule has 2 aromatic rings. The molecule has 5 heteroatoms. The van der Waals surface area contributed by atoms with Crippen molar-refractivity contribution in [1.82, 2.24) is 0 Å². The Bertz CT molecular complexity index is 588. The van der Waals surface area contributed by atoms with Crippen LogP contribution in [-0.4, -0.2) is 38.6 Å². The van der Waals surface area contributed by atoms with Crippen LogP contribution in [0.5, 0.6) is 0 Å². The van der Waals surface area contributed by atoms with Crippen LogP contribution in [0.2, 0.25) is 0 Å². The van der Waals surface area contributed by atoms with Gasteiger partial charge in [-0.1, -0.05) is 36.4 Å². The highest BCUT2D eigenvalue weighted by Crippen LogP contribution is 2.23. The molecule has 2 rings (SSSR count). The zero-order chi connectivity index (χ0) is 10.9. The number of hydrogen-bond donors (Lipinski definition) is 0. The smallest absolute Gasteiger partial charge is 0.270 e. The molecule has 0 N–H and O–H groups in total. The van der Waals surface area contributed by atoms with E-state index in [0.29, 0.717) is 5.39 Å². The van der Waals surface area contributed by atoms with Crippen LogP contribution >= 0.6 is 0 Å². The van der Waals surface area contributed by atoms with Gasteiger partial charge in [0.25, 0.3) is 10.1 Å². The maximum atomic E-state index is 11.6. The van der Waals surface area contributed by atoms with E-state index in [2.05, 4.69) is 4.18 Å². The normalized spacial score (nSPS) is 11.1. The minimum atomic E-state index is -3.62. The average molecular weight is 249 g/mol. The van der Waals surface area contributed by atoms with Gasteiger partial charge in [-0.15, -0.1) is 0 Å². The molecule has 0 unspecified atom stereocenters. The third-order valence-corrected chi connectivity index (χ3v) is 3.57. The lowest BCUT2D eigenvalue weighted by molar-refractivity contribution is 0.398. The number of rotatable bonds is 2. The second-order valence-electron chi connectivity index (χ2n) is 3.10. The van der Waals surface area contributed by atoms with Crippen molar-refractivity contribution in [3.63, 3.8) is 0 Å². The number of benzene rings is 2. The van der Waals surface area contributed by atoms with Gasteiger partial charge in [-0.2, -0.15) is 8.42 Å². The van der Waals surface area contributed by atoms with Gasteiger partial charge in [0.15, 0.2) is 0 Å². The maximum Gasteiger partial charge on any atom is 0.316 e. The predicted molar refractivity (Wildman–Crippen MR) is 66.7 cm³/mol. The molecule has 0 aliphatic heterocycles. The van der Waals surface area contributed by atoms with E-state index < -0.39 is 10.1 Å². The fourth-order valence-corrected chi connectivity index (χ4v) is 2.38. The van der Waals surface area contributed by atoms with E-state index in [0.717, 1.165) is 12.5 Å². The molecule has 0 atom stereocenters. The van der Waals surface area contributed by atoms with Crippen molar-refractivity contribution < 1.29 is 12.6 Å². The molecule has 0 radical (unpaired) electrons. The van der Waals surface area contributed by atoms with Crippen LogP contribution in [0.1, 0.15) is 0 Å². The Hall–Kier alpha value is -0.624. The largest absolute Gasteiger partial charge is 0.316 e. The zero-order valence-electron chi connectivity index (χ0n) is 8.17. The van der Waals surface area contributed by atoms with E-state index in [4.69, 9.17) is 0 Å². The predicted octanol–water partition coefficient (Wildman–Crippen LogP) is 1.26. The minimum Gasteiger partial charge on any atom is -0.270 e. The molecule has 3 nitrogen and oxygen atoms in total. The van der Waals surface area contributed by atoms with Crippen molar-refractivity contribution in [2.45, 2.75) is 4.90 Å². The van der Waals surface area contributed by atoms with Gasteiger partial charge in [0.05, 0.1) is 7.11 Å². The lowest BCUT2D eigenvalue weighted by atomic mass is 10.1. The standard InChI is InChI=1S/C11H10O3S.Mg.2H/c1-14-15(12,13)11-8-4-6-9-5-2-3-7-10(9)11;;;/h2-8H,1H3;;;. The van der Waals surface area contributed by atoms with E-state index in [1.54, 1.807) is 24.3 Å². The molecule has 0 fully saturated rings. The van der Waals surface area contributed by atoms with E-state index in [9.17, 15) is 8.42 Å². The molecule has 0 heterocycles. The first-order chi connectivity index (χ1) is 7.15. The molecule has 0 saturated heterocycles. The Morgan fingerprint density at radius 1 is 1.00 bits per heavy atom. The molecule has 0 saturated carbocycles. The molecule has 0 bridgehead atoms. The summed E-state index contributed by atoms with van der Waals surface area (Å²) in [5, 5.41) is 1.57. The van der Waals surface area contributed by atoms with Gasteiger partial charge in [0.2, 0.25) is 0 Å². The van der Waals surface area contributed by atoms with Gasteiger partial charge in [0, 0.05) is 5.39 Å². The molecule has 82 valence electrons. The third kappa shape index (κ3) is 2.37. The quantitative estimate of drug-likeness (QED) is 0.594. The Morgan fingerprint density at radius 3 is 2.31 bits per heavy atom. The number of fused-ring (bicyclic) bond motifs is 1. The van der Waals surface area contributed by atoms with Crippen LogP contribution in [0, 0.1) is 0 Å². The topological polar surface area (TPSA) is 43.4 Å².